The standard InChI is InChI=1S/C18H17ClN4O/c19-16-9-5-4-8-15(16)12-18(24)22-17(13-23-20-10-11-21-23)14-6-2-1-3-7-14/h1-11,17H,12-13H2,(H,22,24)/t17-/m0/s1. The third-order valence-corrected chi connectivity index (χ3v) is 4.03. The van der Waals surface area contributed by atoms with Crippen LogP contribution in [0.4, 0.5) is 0 Å². The highest BCUT2D eigenvalue weighted by molar-refractivity contribution is 6.31. The van der Waals surface area contributed by atoms with E-state index in [4.69, 9.17) is 11.6 Å². The molecule has 3 rings (SSSR count). The number of benzene rings is 2. The lowest BCUT2D eigenvalue weighted by atomic mass is 10.1. The second-order valence-electron chi connectivity index (χ2n) is 5.38. The number of hydrogen-bond acceptors (Lipinski definition) is 3. The molecule has 5 nitrogen and oxygen atoms in total. The molecule has 1 amide bonds. The van der Waals surface area contributed by atoms with E-state index in [9.17, 15) is 4.79 Å². The van der Waals surface area contributed by atoms with Crippen LogP contribution in [0.5, 0.6) is 0 Å². The summed E-state index contributed by atoms with van der Waals surface area (Å²) < 4.78 is 0. The van der Waals surface area contributed by atoms with Crippen LogP contribution in [0.25, 0.3) is 0 Å². The normalized spacial score (nSPS) is 11.9. The lowest BCUT2D eigenvalue weighted by Gasteiger charge is -2.19. The molecule has 6 heteroatoms. The molecule has 0 fully saturated rings. The van der Waals surface area contributed by atoms with Crippen LogP contribution in [0.1, 0.15) is 17.2 Å². The van der Waals surface area contributed by atoms with Crippen LogP contribution in [-0.2, 0) is 17.8 Å². The molecule has 0 aliphatic carbocycles. The average molecular weight is 341 g/mol. The maximum absolute atomic E-state index is 12.5. The monoisotopic (exact) mass is 340 g/mol. The van der Waals surface area contributed by atoms with E-state index < -0.39 is 0 Å². The Hall–Kier alpha value is -2.66. The van der Waals surface area contributed by atoms with Crippen molar-refractivity contribution in [2.24, 2.45) is 0 Å². The van der Waals surface area contributed by atoms with Crippen molar-refractivity contribution >= 4 is 17.5 Å². The molecule has 0 saturated heterocycles. The number of nitrogens with zero attached hydrogens (tertiary/aromatic N) is 3. The van der Waals surface area contributed by atoms with Crippen LogP contribution in [0.15, 0.2) is 67.0 Å². The molecule has 0 unspecified atom stereocenters. The number of halogens is 1. The summed E-state index contributed by atoms with van der Waals surface area (Å²) >= 11 is 6.13. The minimum atomic E-state index is -0.214. The smallest absolute Gasteiger partial charge is 0.225 e. The van der Waals surface area contributed by atoms with Gasteiger partial charge in [-0.15, -0.1) is 0 Å². The SMILES string of the molecule is O=C(Cc1ccccc1Cl)N[C@@H](Cn1nccn1)c1ccccc1. The Balaban J connectivity index is 1.74. The summed E-state index contributed by atoms with van der Waals surface area (Å²) in [5, 5.41) is 11.9. The molecule has 0 aliphatic heterocycles. The predicted molar refractivity (Wildman–Crippen MR) is 92.5 cm³/mol. The Labute approximate surface area is 145 Å². The van der Waals surface area contributed by atoms with Gasteiger partial charge in [0, 0.05) is 5.02 Å². The highest BCUT2D eigenvalue weighted by Crippen LogP contribution is 2.17. The van der Waals surface area contributed by atoms with Gasteiger partial charge in [-0.05, 0) is 17.2 Å². The van der Waals surface area contributed by atoms with Gasteiger partial charge in [-0.25, -0.2) is 0 Å². The van der Waals surface area contributed by atoms with E-state index in [1.807, 2.05) is 48.5 Å². The molecule has 0 radical (unpaired) electrons. The summed E-state index contributed by atoms with van der Waals surface area (Å²) in [7, 11) is 0. The molecule has 1 atom stereocenters. The topological polar surface area (TPSA) is 59.8 Å². The summed E-state index contributed by atoms with van der Waals surface area (Å²) in [4.78, 5) is 14.0. The van der Waals surface area contributed by atoms with E-state index in [0.717, 1.165) is 11.1 Å². The van der Waals surface area contributed by atoms with Crippen molar-refractivity contribution in [1.29, 1.82) is 0 Å². The van der Waals surface area contributed by atoms with Crippen molar-refractivity contribution in [2.45, 2.75) is 19.0 Å². The van der Waals surface area contributed by atoms with E-state index in [1.165, 1.54) is 0 Å². The molecule has 0 aliphatic rings. The maximum atomic E-state index is 12.5. The van der Waals surface area contributed by atoms with Crippen molar-refractivity contribution < 1.29 is 4.79 Å². The summed E-state index contributed by atoms with van der Waals surface area (Å²) in [6.45, 7) is 0.464. The molecule has 1 aromatic heterocycles. The van der Waals surface area contributed by atoms with Crippen LogP contribution in [0.2, 0.25) is 5.02 Å². The van der Waals surface area contributed by atoms with Crippen LogP contribution in [0.3, 0.4) is 0 Å². The number of carbonyl (C=O) groups excluding carboxylic acids is 1. The van der Waals surface area contributed by atoms with Crippen molar-refractivity contribution in [3.8, 4) is 0 Å². The molecular weight excluding hydrogens is 324 g/mol. The molecule has 1 N–H and O–H groups in total. The Morgan fingerprint density at radius 1 is 1.04 bits per heavy atom. The first-order valence-electron chi connectivity index (χ1n) is 7.64. The zero-order valence-corrected chi connectivity index (χ0v) is 13.7. The number of amides is 1. The van der Waals surface area contributed by atoms with Gasteiger partial charge in [0.25, 0.3) is 0 Å². The molecule has 24 heavy (non-hydrogen) atoms. The fourth-order valence-corrected chi connectivity index (χ4v) is 2.68. The molecule has 3 aromatic rings. The van der Waals surface area contributed by atoms with Gasteiger partial charge in [0.2, 0.25) is 5.91 Å². The summed E-state index contributed by atoms with van der Waals surface area (Å²) in [6.07, 6.45) is 3.47. The Morgan fingerprint density at radius 3 is 2.42 bits per heavy atom. The fraction of sp³-hybridized carbons (Fsp3) is 0.167. The van der Waals surface area contributed by atoms with Gasteiger partial charge in [0.1, 0.15) is 0 Å². The highest BCUT2D eigenvalue weighted by atomic mass is 35.5. The summed E-state index contributed by atoms with van der Waals surface area (Å²) in [6, 6.07) is 16.9. The third-order valence-electron chi connectivity index (χ3n) is 3.66. The van der Waals surface area contributed by atoms with Crippen molar-refractivity contribution in [3.05, 3.63) is 83.1 Å². The van der Waals surface area contributed by atoms with Gasteiger partial charge in [0.05, 0.1) is 31.4 Å². The first-order valence-corrected chi connectivity index (χ1v) is 8.02. The molecule has 0 saturated carbocycles. The van der Waals surface area contributed by atoms with Crippen molar-refractivity contribution in [2.75, 3.05) is 0 Å². The zero-order valence-electron chi connectivity index (χ0n) is 13.0. The van der Waals surface area contributed by atoms with E-state index in [1.54, 1.807) is 23.3 Å². The Bertz CT molecular complexity index is 790. The zero-order chi connectivity index (χ0) is 16.8. The van der Waals surface area contributed by atoms with E-state index in [0.29, 0.717) is 11.6 Å². The fourth-order valence-electron chi connectivity index (χ4n) is 2.48. The second kappa shape index (κ2) is 7.75. The van der Waals surface area contributed by atoms with Crippen LogP contribution in [-0.4, -0.2) is 20.9 Å². The lowest BCUT2D eigenvalue weighted by Crippen LogP contribution is -2.33. The Morgan fingerprint density at radius 2 is 1.71 bits per heavy atom. The number of rotatable bonds is 6. The molecule has 1 heterocycles. The predicted octanol–water partition coefficient (Wildman–Crippen LogP) is 3.03. The average Bonchev–Trinajstić information content (AvgIpc) is 3.10. The van der Waals surface area contributed by atoms with Crippen molar-refractivity contribution in [3.63, 3.8) is 0 Å². The second-order valence-corrected chi connectivity index (χ2v) is 5.79. The van der Waals surface area contributed by atoms with E-state index >= 15 is 0 Å². The van der Waals surface area contributed by atoms with Gasteiger partial charge in [-0.2, -0.15) is 15.0 Å². The number of carbonyl (C=O) groups is 1. The van der Waals surface area contributed by atoms with Crippen molar-refractivity contribution in [1.82, 2.24) is 20.3 Å². The molecular formula is C18H17ClN4O. The molecule has 2 aromatic carbocycles. The quantitative estimate of drug-likeness (QED) is 0.750. The molecule has 122 valence electrons. The number of aromatic nitrogens is 3. The third kappa shape index (κ3) is 4.20. The molecule has 0 bridgehead atoms. The van der Waals surface area contributed by atoms with Gasteiger partial charge in [0.15, 0.2) is 0 Å². The van der Waals surface area contributed by atoms with E-state index in [-0.39, 0.29) is 18.4 Å². The van der Waals surface area contributed by atoms with E-state index in [2.05, 4.69) is 15.5 Å². The lowest BCUT2D eigenvalue weighted by molar-refractivity contribution is -0.121. The van der Waals surface area contributed by atoms with Gasteiger partial charge in [-0.1, -0.05) is 60.1 Å². The van der Waals surface area contributed by atoms with Gasteiger partial charge >= 0.3 is 0 Å². The minimum absolute atomic E-state index is 0.0934. The Kier molecular flexibility index (Phi) is 5.23. The maximum Gasteiger partial charge on any atom is 0.225 e. The highest BCUT2D eigenvalue weighted by Gasteiger charge is 2.17. The largest absolute Gasteiger partial charge is 0.347 e. The summed E-state index contributed by atoms with van der Waals surface area (Å²) in [5.74, 6) is -0.0934. The minimum Gasteiger partial charge on any atom is -0.347 e. The van der Waals surface area contributed by atoms with Crippen LogP contribution >= 0.6 is 11.6 Å². The molecule has 0 spiro atoms. The first kappa shape index (κ1) is 16.2. The number of nitrogens with one attached hydrogen (secondary N) is 1. The van der Waals surface area contributed by atoms with Crippen LogP contribution < -0.4 is 5.32 Å². The summed E-state index contributed by atoms with van der Waals surface area (Å²) in [5.41, 5.74) is 1.81. The first-order chi connectivity index (χ1) is 11.7. The van der Waals surface area contributed by atoms with Gasteiger partial charge in [-0.3, -0.25) is 4.79 Å². The van der Waals surface area contributed by atoms with Gasteiger partial charge < -0.3 is 5.32 Å². The van der Waals surface area contributed by atoms with Crippen LogP contribution in [0, 0.1) is 0 Å². The number of hydrogen-bond donors (Lipinski definition) is 1.